The van der Waals surface area contributed by atoms with Crippen molar-refractivity contribution in [3.63, 3.8) is 0 Å². The van der Waals surface area contributed by atoms with Gasteiger partial charge in [-0.05, 0) is 57.0 Å². The predicted molar refractivity (Wildman–Crippen MR) is 173 cm³/mol. The molecule has 0 heterocycles. The largest absolute Gasteiger partial charge is 0.0622 e. The molecule has 0 amide bonds. The average Bonchev–Trinajstić information content (AvgIpc) is 3.00. The normalized spacial score (nSPS) is 12.1. The van der Waals surface area contributed by atoms with Crippen molar-refractivity contribution in [2.24, 2.45) is 0 Å². The van der Waals surface area contributed by atoms with Gasteiger partial charge in [0.15, 0.2) is 0 Å². The Hall–Kier alpha value is -4.94. The maximum absolute atomic E-state index is 2.26. The molecule has 0 bridgehead atoms. The van der Waals surface area contributed by atoms with Crippen LogP contribution in [0.5, 0.6) is 0 Å². The molecule has 0 aliphatic rings. The minimum Gasteiger partial charge on any atom is -0.0622 e. The smallest absolute Gasteiger partial charge is 0.0181 e. The van der Waals surface area contributed by atoms with Gasteiger partial charge < -0.3 is 0 Å². The van der Waals surface area contributed by atoms with Gasteiger partial charge >= 0.3 is 0 Å². The SMILES string of the molecule is CC(=Cc1ccccc1C=Cc1ccccc1C=Cc1ccccc1C=Cc1ccccc1)c1ccccc1. The first-order valence-corrected chi connectivity index (χ1v) is 13.4. The van der Waals surface area contributed by atoms with E-state index in [0.29, 0.717) is 0 Å². The Morgan fingerprint density at radius 3 is 1.15 bits per heavy atom. The van der Waals surface area contributed by atoms with Gasteiger partial charge in [-0.1, -0.05) is 176 Å². The van der Waals surface area contributed by atoms with E-state index >= 15 is 0 Å². The van der Waals surface area contributed by atoms with Crippen LogP contribution in [0.25, 0.3) is 48.1 Å². The van der Waals surface area contributed by atoms with E-state index in [-0.39, 0.29) is 0 Å². The third-order valence-electron chi connectivity index (χ3n) is 6.73. The van der Waals surface area contributed by atoms with Crippen LogP contribution in [0.4, 0.5) is 0 Å². The van der Waals surface area contributed by atoms with E-state index in [9.17, 15) is 0 Å². The molecule has 5 aromatic carbocycles. The molecule has 5 rings (SSSR count). The van der Waals surface area contributed by atoms with Gasteiger partial charge in [0.2, 0.25) is 0 Å². The van der Waals surface area contributed by atoms with Crippen LogP contribution in [-0.2, 0) is 0 Å². The second kappa shape index (κ2) is 13.0. The summed E-state index contributed by atoms with van der Waals surface area (Å²) >= 11 is 0. The summed E-state index contributed by atoms with van der Waals surface area (Å²) in [6, 6.07) is 46.5. The second-order valence-electron chi connectivity index (χ2n) is 9.49. The highest BCUT2D eigenvalue weighted by atomic mass is 14.1. The zero-order valence-corrected chi connectivity index (χ0v) is 22.2. The predicted octanol–water partition coefficient (Wildman–Crippen LogP) is 10.8. The van der Waals surface area contributed by atoms with Crippen LogP contribution in [0.3, 0.4) is 0 Å². The van der Waals surface area contributed by atoms with E-state index in [1.807, 2.05) is 6.07 Å². The molecule has 0 heteroatoms. The quantitative estimate of drug-likeness (QED) is 0.186. The molecule has 0 unspecified atom stereocenters. The fourth-order valence-electron chi connectivity index (χ4n) is 4.55. The van der Waals surface area contributed by atoms with Crippen LogP contribution in [0.15, 0.2) is 133 Å². The monoisotopic (exact) mass is 500 g/mol. The average molecular weight is 501 g/mol. The first-order chi connectivity index (χ1) is 19.3. The molecule has 0 nitrogen and oxygen atoms in total. The second-order valence-corrected chi connectivity index (χ2v) is 9.49. The van der Waals surface area contributed by atoms with Crippen molar-refractivity contribution in [3.8, 4) is 0 Å². The van der Waals surface area contributed by atoms with Crippen molar-refractivity contribution >= 4 is 48.1 Å². The van der Waals surface area contributed by atoms with Gasteiger partial charge in [0.25, 0.3) is 0 Å². The molecule has 0 spiro atoms. The highest BCUT2D eigenvalue weighted by Crippen LogP contribution is 2.23. The zero-order chi connectivity index (χ0) is 26.7. The van der Waals surface area contributed by atoms with Crippen LogP contribution >= 0.6 is 0 Å². The van der Waals surface area contributed by atoms with Crippen LogP contribution in [0.1, 0.15) is 51.4 Å². The molecule has 188 valence electrons. The van der Waals surface area contributed by atoms with E-state index in [1.165, 1.54) is 50.1 Å². The molecule has 0 aliphatic heterocycles. The Kier molecular flexibility index (Phi) is 8.59. The molecule has 0 aromatic heterocycles. The summed E-state index contributed by atoms with van der Waals surface area (Å²) in [4.78, 5) is 0. The molecule has 5 aromatic rings. The van der Waals surface area contributed by atoms with Crippen LogP contribution in [-0.4, -0.2) is 0 Å². The minimum absolute atomic E-state index is 1.18. The molecule has 0 atom stereocenters. The first-order valence-electron chi connectivity index (χ1n) is 13.4. The van der Waals surface area contributed by atoms with Crippen molar-refractivity contribution < 1.29 is 0 Å². The van der Waals surface area contributed by atoms with Gasteiger partial charge in [0, 0.05) is 0 Å². The lowest BCUT2D eigenvalue weighted by Crippen LogP contribution is -1.84. The van der Waals surface area contributed by atoms with Crippen molar-refractivity contribution in [3.05, 3.63) is 178 Å². The lowest BCUT2D eigenvalue weighted by Gasteiger charge is -2.06. The Balaban J connectivity index is 1.39. The number of allylic oxidation sites excluding steroid dienone is 1. The molecule has 0 fully saturated rings. The highest BCUT2D eigenvalue weighted by molar-refractivity contribution is 5.86. The lowest BCUT2D eigenvalue weighted by atomic mass is 9.99. The van der Waals surface area contributed by atoms with Crippen LogP contribution in [0.2, 0.25) is 0 Å². The molecule has 0 saturated heterocycles. The molecule has 0 saturated carbocycles. The molecular formula is C39H32. The van der Waals surface area contributed by atoms with Gasteiger partial charge in [-0.25, -0.2) is 0 Å². The van der Waals surface area contributed by atoms with Crippen molar-refractivity contribution in [1.29, 1.82) is 0 Å². The minimum atomic E-state index is 1.18. The fourth-order valence-corrected chi connectivity index (χ4v) is 4.55. The van der Waals surface area contributed by atoms with E-state index in [1.54, 1.807) is 0 Å². The van der Waals surface area contributed by atoms with Gasteiger partial charge in [0.05, 0.1) is 0 Å². The van der Waals surface area contributed by atoms with E-state index in [4.69, 9.17) is 0 Å². The number of hydrogen-bond acceptors (Lipinski definition) is 0. The van der Waals surface area contributed by atoms with E-state index in [2.05, 4.69) is 177 Å². The van der Waals surface area contributed by atoms with Gasteiger partial charge in [-0.2, -0.15) is 0 Å². The van der Waals surface area contributed by atoms with Crippen LogP contribution in [0, 0.1) is 0 Å². The van der Waals surface area contributed by atoms with Gasteiger partial charge in [0.1, 0.15) is 0 Å². The lowest BCUT2D eigenvalue weighted by molar-refractivity contribution is 1.56. The summed E-state index contributed by atoms with van der Waals surface area (Å²) in [6.45, 7) is 2.17. The summed E-state index contributed by atoms with van der Waals surface area (Å²) in [5, 5.41) is 0. The summed E-state index contributed by atoms with van der Waals surface area (Å²) in [5.41, 5.74) is 10.8. The number of rotatable bonds is 8. The highest BCUT2D eigenvalue weighted by Gasteiger charge is 2.01. The maximum atomic E-state index is 2.26. The Morgan fingerprint density at radius 1 is 0.359 bits per heavy atom. The Morgan fingerprint density at radius 2 is 0.692 bits per heavy atom. The van der Waals surface area contributed by atoms with Gasteiger partial charge in [-0.3, -0.25) is 0 Å². The molecule has 0 aliphatic carbocycles. The summed E-state index contributed by atoms with van der Waals surface area (Å²) in [5.74, 6) is 0. The van der Waals surface area contributed by atoms with E-state index in [0.717, 1.165) is 0 Å². The van der Waals surface area contributed by atoms with Gasteiger partial charge in [-0.15, -0.1) is 0 Å². The summed E-state index contributed by atoms with van der Waals surface area (Å²) in [6.07, 6.45) is 15.5. The first kappa shape index (κ1) is 25.7. The van der Waals surface area contributed by atoms with Crippen LogP contribution < -0.4 is 0 Å². The zero-order valence-electron chi connectivity index (χ0n) is 22.2. The molecule has 39 heavy (non-hydrogen) atoms. The number of hydrogen-bond donors (Lipinski definition) is 0. The summed E-state index contributed by atoms with van der Waals surface area (Å²) < 4.78 is 0. The number of benzene rings is 5. The van der Waals surface area contributed by atoms with Crippen molar-refractivity contribution in [2.45, 2.75) is 6.92 Å². The van der Waals surface area contributed by atoms with Crippen molar-refractivity contribution in [1.82, 2.24) is 0 Å². The fraction of sp³-hybridized carbons (Fsp3) is 0.0256. The molecular weight excluding hydrogens is 468 g/mol. The Bertz CT molecular complexity index is 1630. The standard InChI is InChI=1S/C39H32/c1-31(33-16-6-3-7-17-33)30-39-23-13-12-22-38(39)29-28-37-21-11-10-20-36(37)27-26-35-19-9-8-18-34(35)25-24-32-14-4-2-5-15-32/h2-30H,1H3. The summed E-state index contributed by atoms with van der Waals surface area (Å²) in [7, 11) is 0. The topological polar surface area (TPSA) is 0 Å². The van der Waals surface area contributed by atoms with E-state index < -0.39 is 0 Å². The third kappa shape index (κ3) is 7.09. The maximum Gasteiger partial charge on any atom is -0.0181 e. The molecule has 0 N–H and O–H groups in total. The Labute approximate surface area is 232 Å². The third-order valence-corrected chi connectivity index (χ3v) is 6.73. The van der Waals surface area contributed by atoms with Crippen molar-refractivity contribution in [2.75, 3.05) is 0 Å². The molecule has 0 radical (unpaired) electrons.